The number of unbranched alkanes of at least 4 members (excludes halogenated alkanes) is 3. The summed E-state index contributed by atoms with van der Waals surface area (Å²) in [6.07, 6.45) is 5.00. The fourth-order valence-corrected chi connectivity index (χ4v) is 4.04. The molecule has 0 saturated heterocycles. The predicted octanol–water partition coefficient (Wildman–Crippen LogP) is 6.09. The van der Waals surface area contributed by atoms with Crippen molar-refractivity contribution in [2.75, 3.05) is 26.1 Å². The fourth-order valence-electron chi connectivity index (χ4n) is 4.04. The number of hydrogen-bond donors (Lipinski definition) is 1. The maximum Gasteiger partial charge on any atom is 0.337 e. The molecule has 0 amide bonds. The summed E-state index contributed by atoms with van der Waals surface area (Å²) in [5, 5.41) is 4.84. The van der Waals surface area contributed by atoms with Crippen LogP contribution >= 0.6 is 0 Å². The first-order chi connectivity index (χ1) is 15.0. The molecule has 1 aromatic heterocycles. The summed E-state index contributed by atoms with van der Waals surface area (Å²) in [6, 6.07) is 12.1. The Labute approximate surface area is 185 Å². The Morgan fingerprint density at radius 3 is 2.55 bits per heavy atom. The van der Waals surface area contributed by atoms with E-state index in [1.165, 1.54) is 55.0 Å². The van der Waals surface area contributed by atoms with Crippen LogP contribution in [-0.4, -0.2) is 31.3 Å². The lowest BCUT2D eigenvalue weighted by molar-refractivity contribution is 0.0600. The Kier molecular flexibility index (Phi) is 7.61. The number of fused-ring (bicyclic) bond motifs is 1. The van der Waals surface area contributed by atoms with E-state index in [9.17, 15) is 4.79 Å². The molecule has 0 radical (unpaired) electrons. The first-order valence-electron chi connectivity index (χ1n) is 11.1. The Balaban J connectivity index is 1.90. The highest BCUT2D eigenvalue weighted by Crippen LogP contribution is 2.30. The molecule has 3 rings (SSSR count). The molecule has 0 atom stereocenters. The topological polar surface area (TPSA) is 52.5 Å². The maximum atomic E-state index is 11.9. The van der Waals surface area contributed by atoms with Gasteiger partial charge in [-0.05, 0) is 50.1 Å². The minimum absolute atomic E-state index is 0.363. The molecule has 0 aliphatic rings. The molecule has 31 heavy (non-hydrogen) atoms. The molecule has 0 unspecified atom stereocenters. The number of hydrogen-bond acceptors (Lipinski definition) is 4. The number of esters is 1. The van der Waals surface area contributed by atoms with Crippen LogP contribution in [0.25, 0.3) is 10.9 Å². The Morgan fingerprint density at radius 1 is 1.03 bits per heavy atom. The van der Waals surface area contributed by atoms with Gasteiger partial charge in [-0.25, -0.2) is 4.79 Å². The maximum absolute atomic E-state index is 11.9. The molecule has 2 aromatic carbocycles. The zero-order chi connectivity index (χ0) is 22.4. The van der Waals surface area contributed by atoms with Crippen molar-refractivity contribution in [1.29, 1.82) is 0 Å². The van der Waals surface area contributed by atoms with E-state index < -0.39 is 0 Å². The van der Waals surface area contributed by atoms with Crippen LogP contribution in [0.5, 0.6) is 5.75 Å². The first kappa shape index (κ1) is 22.7. The van der Waals surface area contributed by atoms with E-state index in [2.05, 4.69) is 48.9 Å². The second kappa shape index (κ2) is 10.4. The molecule has 0 spiro atoms. The lowest BCUT2D eigenvalue weighted by Crippen LogP contribution is -2.07. The Bertz CT molecular complexity index is 1050. The molecular formula is C26H34N2O3. The molecule has 0 aliphatic carbocycles. The second-order valence-corrected chi connectivity index (χ2v) is 8.03. The van der Waals surface area contributed by atoms with Gasteiger partial charge in [0, 0.05) is 28.9 Å². The highest BCUT2D eigenvalue weighted by molar-refractivity contribution is 5.90. The van der Waals surface area contributed by atoms with Crippen molar-refractivity contribution in [2.24, 2.45) is 0 Å². The molecule has 1 heterocycles. The quantitative estimate of drug-likeness (QED) is 0.317. The zero-order valence-corrected chi connectivity index (χ0v) is 19.4. The van der Waals surface area contributed by atoms with Gasteiger partial charge in [0.2, 0.25) is 0 Å². The molecule has 3 aromatic rings. The molecule has 5 heteroatoms. The monoisotopic (exact) mass is 422 g/mol. The number of carbonyl (C=O) groups excluding carboxylic acids is 1. The van der Waals surface area contributed by atoms with Crippen LogP contribution in [0.15, 0.2) is 36.4 Å². The lowest BCUT2D eigenvalue weighted by Gasteiger charge is -2.14. The molecule has 0 aliphatic heterocycles. The van der Waals surface area contributed by atoms with Gasteiger partial charge in [-0.2, -0.15) is 0 Å². The van der Waals surface area contributed by atoms with Crippen LogP contribution < -0.4 is 10.1 Å². The van der Waals surface area contributed by atoms with Gasteiger partial charge in [0.15, 0.2) is 0 Å². The summed E-state index contributed by atoms with van der Waals surface area (Å²) in [7, 11) is 3.02. The van der Waals surface area contributed by atoms with E-state index in [1.54, 1.807) is 19.2 Å². The molecule has 0 bridgehead atoms. The van der Waals surface area contributed by atoms with Crippen molar-refractivity contribution in [3.8, 4) is 5.75 Å². The number of ether oxygens (including phenoxy) is 2. The number of rotatable bonds is 10. The highest BCUT2D eigenvalue weighted by Gasteiger charge is 2.15. The fraction of sp³-hybridized carbons (Fsp3) is 0.423. The molecular weight excluding hydrogens is 388 g/mol. The largest absolute Gasteiger partial charge is 0.496 e. The predicted molar refractivity (Wildman–Crippen MR) is 127 cm³/mol. The molecule has 0 saturated carbocycles. The minimum Gasteiger partial charge on any atom is -0.496 e. The third-order valence-corrected chi connectivity index (χ3v) is 6.04. The Morgan fingerprint density at radius 2 is 1.84 bits per heavy atom. The number of nitrogens with zero attached hydrogens (tertiary/aromatic N) is 1. The van der Waals surface area contributed by atoms with Gasteiger partial charge >= 0.3 is 5.97 Å². The second-order valence-electron chi connectivity index (χ2n) is 8.03. The standard InChI is InChI=1S/C26H34N2O3/c1-6-7-8-9-14-27-22-12-13-23-18(2)19(3)28(24(23)16-22)17-21-11-10-20(26(29)31-5)15-25(21)30-4/h10-13,15-16,27H,6-9,14,17H2,1-5H3. The van der Waals surface area contributed by atoms with Crippen molar-refractivity contribution in [3.05, 3.63) is 58.8 Å². The number of aryl methyl sites for hydroxylation is 1. The summed E-state index contributed by atoms with van der Waals surface area (Å²) in [5.41, 5.74) is 6.38. The van der Waals surface area contributed by atoms with Crippen LogP contribution in [0.2, 0.25) is 0 Å². The minimum atomic E-state index is -0.363. The van der Waals surface area contributed by atoms with Crippen molar-refractivity contribution in [1.82, 2.24) is 4.57 Å². The molecule has 166 valence electrons. The van der Waals surface area contributed by atoms with Crippen LogP contribution in [0.4, 0.5) is 5.69 Å². The van der Waals surface area contributed by atoms with Crippen molar-refractivity contribution >= 4 is 22.6 Å². The van der Waals surface area contributed by atoms with E-state index in [-0.39, 0.29) is 5.97 Å². The van der Waals surface area contributed by atoms with Gasteiger partial charge in [0.1, 0.15) is 5.75 Å². The number of benzene rings is 2. The molecule has 1 N–H and O–H groups in total. The molecule has 0 fully saturated rings. The van der Waals surface area contributed by atoms with E-state index >= 15 is 0 Å². The lowest BCUT2D eigenvalue weighted by atomic mass is 10.1. The molecule has 5 nitrogen and oxygen atoms in total. The summed E-state index contributed by atoms with van der Waals surface area (Å²) >= 11 is 0. The van der Waals surface area contributed by atoms with Crippen LogP contribution in [0, 0.1) is 13.8 Å². The average Bonchev–Trinajstić information content (AvgIpc) is 3.03. The number of nitrogens with one attached hydrogen (secondary N) is 1. The average molecular weight is 423 g/mol. The number of anilines is 1. The van der Waals surface area contributed by atoms with Crippen molar-refractivity contribution in [2.45, 2.75) is 53.0 Å². The number of methoxy groups -OCH3 is 2. The van der Waals surface area contributed by atoms with Gasteiger partial charge < -0.3 is 19.4 Å². The number of aromatic nitrogens is 1. The third-order valence-electron chi connectivity index (χ3n) is 6.04. The smallest absolute Gasteiger partial charge is 0.337 e. The van der Waals surface area contributed by atoms with Gasteiger partial charge in [-0.1, -0.05) is 38.3 Å². The zero-order valence-electron chi connectivity index (χ0n) is 19.4. The van der Waals surface area contributed by atoms with Crippen molar-refractivity contribution < 1.29 is 14.3 Å². The normalized spacial score (nSPS) is 11.0. The summed E-state index contributed by atoms with van der Waals surface area (Å²) < 4.78 is 12.7. The van der Waals surface area contributed by atoms with E-state index in [4.69, 9.17) is 9.47 Å². The summed E-state index contributed by atoms with van der Waals surface area (Å²) in [6.45, 7) is 8.22. The SMILES string of the molecule is CCCCCCNc1ccc2c(C)c(C)n(Cc3ccc(C(=O)OC)cc3OC)c2c1. The van der Waals surface area contributed by atoms with Crippen LogP contribution in [0.1, 0.15) is 59.8 Å². The van der Waals surface area contributed by atoms with E-state index in [0.29, 0.717) is 17.9 Å². The first-order valence-corrected chi connectivity index (χ1v) is 11.1. The van der Waals surface area contributed by atoms with Gasteiger partial charge in [0.05, 0.1) is 31.8 Å². The van der Waals surface area contributed by atoms with Crippen LogP contribution in [-0.2, 0) is 11.3 Å². The van der Waals surface area contributed by atoms with E-state index in [0.717, 1.165) is 17.8 Å². The van der Waals surface area contributed by atoms with Crippen LogP contribution in [0.3, 0.4) is 0 Å². The number of carbonyl (C=O) groups is 1. The van der Waals surface area contributed by atoms with Gasteiger partial charge in [-0.15, -0.1) is 0 Å². The van der Waals surface area contributed by atoms with Gasteiger partial charge in [0.25, 0.3) is 0 Å². The summed E-state index contributed by atoms with van der Waals surface area (Å²) in [5.74, 6) is 0.324. The van der Waals surface area contributed by atoms with Gasteiger partial charge in [-0.3, -0.25) is 0 Å². The Hall–Kier alpha value is -2.95. The van der Waals surface area contributed by atoms with Crippen molar-refractivity contribution in [3.63, 3.8) is 0 Å². The summed E-state index contributed by atoms with van der Waals surface area (Å²) in [4.78, 5) is 11.9. The highest BCUT2D eigenvalue weighted by atomic mass is 16.5. The third kappa shape index (κ3) is 5.04. The van der Waals surface area contributed by atoms with E-state index in [1.807, 2.05) is 6.07 Å².